The van der Waals surface area contributed by atoms with Gasteiger partial charge in [0.25, 0.3) is 0 Å². The summed E-state index contributed by atoms with van der Waals surface area (Å²) >= 11 is 1.41. The van der Waals surface area contributed by atoms with E-state index < -0.39 is 16.1 Å². The van der Waals surface area contributed by atoms with Crippen molar-refractivity contribution in [2.75, 3.05) is 17.6 Å². The molecule has 0 radical (unpaired) electrons. The Hall–Kier alpha value is -1.51. The predicted molar refractivity (Wildman–Crippen MR) is 96.8 cm³/mol. The molecule has 1 aromatic carbocycles. The second-order valence-electron chi connectivity index (χ2n) is 6.06. The minimum atomic E-state index is -3.37. The van der Waals surface area contributed by atoms with Gasteiger partial charge in [-0.3, -0.25) is 4.79 Å². The number of nitrogens with one attached hydrogen (secondary N) is 1. The fourth-order valence-electron chi connectivity index (χ4n) is 2.98. The van der Waals surface area contributed by atoms with E-state index in [9.17, 15) is 13.2 Å². The van der Waals surface area contributed by atoms with Crippen LogP contribution in [-0.2, 0) is 14.8 Å². The molecule has 0 saturated carbocycles. The van der Waals surface area contributed by atoms with Crippen molar-refractivity contribution in [1.29, 1.82) is 0 Å². The molecule has 1 unspecified atom stereocenters. The Morgan fingerprint density at radius 1 is 1.46 bits per heavy atom. The lowest BCUT2D eigenvalue weighted by Crippen LogP contribution is -2.43. The van der Waals surface area contributed by atoms with Crippen molar-refractivity contribution in [3.8, 4) is 0 Å². The molecule has 0 spiro atoms. The van der Waals surface area contributed by atoms with Gasteiger partial charge in [0.2, 0.25) is 15.9 Å². The summed E-state index contributed by atoms with van der Waals surface area (Å²) in [7, 11) is -3.37. The highest BCUT2D eigenvalue weighted by Crippen LogP contribution is 2.28. The number of anilines is 1. The number of nitrogens with zero attached hydrogens (tertiary/aromatic N) is 2. The first-order valence-corrected chi connectivity index (χ1v) is 10.5. The Balaban J connectivity index is 1.77. The summed E-state index contributed by atoms with van der Waals surface area (Å²) < 4.78 is 27.0. The maximum atomic E-state index is 12.6. The number of sulfonamides is 1. The Kier molecular flexibility index (Phi) is 4.89. The average molecular weight is 367 g/mol. The number of carbonyl (C=O) groups excluding carboxylic acids is 1. The lowest BCUT2D eigenvalue weighted by atomic mass is 10.2. The molecule has 1 amide bonds. The number of hydrogen-bond donors (Lipinski definition) is 1. The first-order chi connectivity index (χ1) is 11.4. The molecule has 2 aromatic rings. The van der Waals surface area contributed by atoms with Gasteiger partial charge in [-0.05, 0) is 43.9 Å². The molecule has 1 aliphatic heterocycles. The van der Waals surface area contributed by atoms with Gasteiger partial charge >= 0.3 is 0 Å². The van der Waals surface area contributed by atoms with Crippen molar-refractivity contribution in [1.82, 2.24) is 9.29 Å². The number of hydrogen-bond acceptors (Lipinski definition) is 5. The molecule has 1 saturated heterocycles. The summed E-state index contributed by atoms with van der Waals surface area (Å²) in [6.07, 6.45) is 1.81. The summed E-state index contributed by atoms with van der Waals surface area (Å²) in [6.45, 7) is 4.25. The van der Waals surface area contributed by atoms with Crippen LogP contribution >= 0.6 is 11.3 Å². The summed E-state index contributed by atoms with van der Waals surface area (Å²) in [4.78, 5) is 17.0. The number of aryl methyl sites for hydroxylation is 1. The average Bonchev–Trinajstić information content (AvgIpc) is 3.12. The Morgan fingerprint density at radius 2 is 2.25 bits per heavy atom. The van der Waals surface area contributed by atoms with E-state index in [0.717, 1.165) is 15.8 Å². The number of benzene rings is 1. The highest BCUT2D eigenvalue weighted by atomic mass is 32.2. The van der Waals surface area contributed by atoms with Gasteiger partial charge in [-0.1, -0.05) is 24.3 Å². The lowest BCUT2D eigenvalue weighted by molar-refractivity contribution is -0.119. The summed E-state index contributed by atoms with van der Waals surface area (Å²) in [5.74, 6) is -0.208. The first-order valence-electron chi connectivity index (χ1n) is 8.08. The van der Waals surface area contributed by atoms with Gasteiger partial charge in [0.1, 0.15) is 6.04 Å². The maximum absolute atomic E-state index is 12.6. The summed E-state index contributed by atoms with van der Waals surface area (Å²) in [6, 6.07) is 5.29. The van der Waals surface area contributed by atoms with Crippen molar-refractivity contribution in [2.24, 2.45) is 0 Å². The topological polar surface area (TPSA) is 79.4 Å². The van der Waals surface area contributed by atoms with Crippen LogP contribution in [0.3, 0.4) is 0 Å². The van der Waals surface area contributed by atoms with Crippen molar-refractivity contribution in [2.45, 2.75) is 39.2 Å². The van der Waals surface area contributed by atoms with E-state index in [1.807, 2.05) is 32.0 Å². The predicted octanol–water partition coefficient (Wildman–Crippen LogP) is 2.75. The zero-order valence-corrected chi connectivity index (χ0v) is 15.4. The monoisotopic (exact) mass is 367 g/mol. The van der Waals surface area contributed by atoms with Crippen molar-refractivity contribution in [3.63, 3.8) is 0 Å². The molecule has 2 heterocycles. The van der Waals surface area contributed by atoms with Crippen LogP contribution in [0.1, 0.15) is 31.7 Å². The second kappa shape index (κ2) is 6.78. The normalized spacial score (nSPS) is 19.0. The molecule has 3 rings (SSSR count). The smallest absolute Gasteiger partial charge is 0.244 e. The highest BCUT2D eigenvalue weighted by Gasteiger charge is 2.38. The lowest BCUT2D eigenvalue weighted by Gasteiger charge is -2.22. The molecular formula is C16H21N3O3S2. The van der Waals surface area contributed by atoms with E-state index in [1.54, 1.807) is 0 Å². The van der Waals surface area contributed by atoms with Gasteiger partial charge in [0.15, 0.2) is 5.13 Å². The molecule has 8 heteroatoms. The Bertz CT molecular complexity index is 861. The highest BCUT2D eigenvalue weighted by molar-refractivity contribution is 7.89. The molecule has 1 atom stereocenters. The Labute approximate surface area is 145 Å². The molecule has 1 aromatic heterocycles. The molecule has 1 fully saturated rings. The van der Waals surface area contributed by atoms with Crippen LogP contribution in [0.5, 0.6) is 0 Å². The number of rotatable bonds is 5. The van der Waals surface area contributed by atoms with Crippen LogP contribution in [-0.4, -0.2) is 42.0 Å². The van der Waals surface area contributed by atoms with Crippen LogP contribution in [0.15, 0.2) is 18.2 Å². The van der Waals surface area contributed by atoms with E-state index in [1.165, 1.54) is 15.6 Å². The SMILES string of the molecule is CCCS(=O)(=O)N1CCCC1C(=O)Nc1nc2ccc(C)cc2s1. The van der Waals surface area contributed by atoms with Gasteiger partial charge in [-0.25, -0.2) is 13.4 Å². The molecule has 130 valence electrons. The number of aromatic nitrogens is 1. The fraction of sp³-hybridized carbons (Fsp3) is 0.500. The van der Waals surface area contributed by atoms with E-state index >= 15 is 0 Å². The molecule has 1 aliphatic rings. The van der Waals surface area contributed by atoms with Crippen molar-refractivity contribution >= 4 is 42.6 Å². The summed E-state index contributed by atoms with van der Waals surface area (Å²) in [5, 5.41) is 3.31. The molecule has 0 bridgehead atoms. The van der Waals surface area contributed by atoms with Gasteiger partial charge < -0.3 is 5.32 Å². The van der Waals surface area contributed by atoms with E-state index in [0.29, 0.717) is 30.9 Å². The van der Waals surface area contributed by atoms with Crippen molar-refractivity contribution < 1.29 is 13.2 Å². The molecule has 6 nitrogen and oxygen atoms in total. The number of amides is 1. The zero-order valence-electron chi connectivity index (χ0n) is 13.8. The van der Waals surface area contributed by atoms with Crippen LogP contribution in [0.4, 0.5) is 5.13 Å². The first kappa shape index (κ1) is 17.3. The van der Waals surface area contributed by atoms with Gasteiger partial charge in [0.05, 0.1) is 16.0 Å². The quantitative estimate of drug-likeness (QED) is 0.881. The van der Waals surface area contributed by atoms with E-state index in [2.05, 4.69) is 10.3 Å². The fourth-order valence-corrected chi connectivity index (χ4v) is 5.70. The summed E-state index contributed by atoms with van der Waals surface area (Å²) in [5.41, 5.74) is 1.97. The van der Waals surface area contributed by atoms with E-state index in [4.69, 9.17) is 0 Å². The number of thiazole rings is 1. The number of fused-ring (bicyclic) bond motifs is 1. The van der Waals surface area contributed by atoms with Gasteiger partial charge in [-0.2, -0.15) is 4.31 Å². The van der Waals surface area contributed by atoms with Crippen LogP contribution < -0.4 is 5.32 Å². The van der Waals surface area contributed by atoms with Crippen LogP contribution in [0.2, 0.25) is 0 Å². The van der Waals surface area contributed by atoms with Gasteiger partial charge in [0, 0.05) is 6.54 Å². The van der Waals surface area contributed by atoms with E-state index in [-0.39, 0.29) is 11.7 Å². The molecule has 1 N–H and O–H groups in total. The third-order valence-electron chi connectivity index (χ3n) is 4.10. The third kappa shape index (κ3) is 3.45. The third-order valence-corrected chi connectivity index (χ3v) is 7.11. The number of carbonyl (C=O) groups is 1. The van der Waals surface area contributed by atoms with Crippen LogP contribution in [0.25, 0.3) is 10.2 Å². The molecule has 0 aliphatic carbocycles. The Morgan fingerprint density at radius 3 is 3.00 bits per heavy atom. The second-order valence-corrected chi connectivity index (χ2v) is 9.14. The largest absolute Gasteiger partial charge is 0.301 e. The minimum Gasteiger partial charge on any atom is -0.301 e. The standard InChI is InChI=1S/C16H21N3O3S2/c1-3-9-24(21,22)19-8-4-5-13(19)15(20)18-16-17-12-7-6-11(2)10-14(12)23-16/h6-7,10,13H,3-5,8-9H2,1-2H3,(H,17,18,20). The molecular weight excluding hydrogens is 346 g/mol. The van der Waals surface area contributed by atoms with Gasteiger partial charge in [-0.15, -0.1) is 0 Å². The van der Waals surface area contributed by atoms with Crippen LogP contribution in [0, 0.1) is 6.92 Å². The molecule has 24 heavy (non-hydrogen) atoms. The van der Waals surface area contributed by atoms with Crippen molar-refractivity contribution in [3.05, 3.63) is 23.8 Å². The zero-order chi connectivity index (χ0) is 17.3. The minimum absolute atomic E-state index is 0.0806. The maximum Gasteiger partial charge on any atom is 0.244 e.